The maximum absolute atomic E-state index is 12.0. The predicted molar refractivity (Wildman–Crippen MR) is 87.5 cm³/mol. The molecule has 0 bridgehead atoms. The Balaban J connectivity index is 2.18. The Bertz CT molecular complexity index is 734. The van der Waals surface area contributed by atoms with Crippen LogP contribution >= 0.6 is 0 Å². The van der Waals surface area contributed by atoms with Crippen LogP contribution in [0, 0.1) is 0 Å². The zero-order valence-corrected chi connectivity index (χ0v) is 13.9. The van der Waals surface area contributed by atoms with E-state index in [2.05, 4.69) is 10.6 Å². The number of methoxy groups -OCH3 is 1. The second kappa shape index (κ2) is 7.49. The summed E-state index contributed by atoms with van der Waals surface area (Å²) in [5.74, 6) is -1.47. The molecule has 1 heterocycles. The molecule has 1 aliphatic rings. The van der Waals surface area contributed by atoms with E-state index in [0.717, 1.165) is 0 Å². The van der Waals surface area contributed by atoms with Crippen LogP contribution in [-0.2, 0) is 19.6 Å². The lowest BCUT2D eigenvalue weighted by atomic mass is 10.2. The van der Waals surface area contributed by atoms with Gasteiger partial charge in [0.05, 0.1) is 30.8 Å². The maximum Gasteiger partial charge on any atom is 0.313 e. The molecule has 1 aromatic carbocycles. The number of hydrogen-bond acceptors (Lipinski definition) is 6. The van der Waals surface area contributed by atoms with Gasteiger partial charge in [0, 0.05) is 19.2 Å². The Morgan fingerprint density at radius 1 is 1.33 bits per heavy atom. The van der Waals surface area contributed by atoms with Crippen LogP contribution in [0.3, 0.4) is 0 Å². The number of rotatable bonds is 5. The van der Waals surface area contributed by atoms with Crippen molar-refractivity contribution >= 4 is 33.2 Å². The van der Waals surface area contributed by atoms with Gasteiger partial charge in [0.1, 0.15) is 5.75 Å². The number of nitrogens with one attached hydrogen (secondary N) is 2. The van der Waals surface area contributed by atoms with E-state index >= 15 is 0 Å². The Labute approximate surface area is 139 Å². The lowest BCUT2D eigenvalue weighted by molar-refractivity contribution is -0.136. The SMILES string of the molecule is COc1cc(N2CCCS2(=O)=O)ccc1NC(=O)C(=O)NCCO. The summed E-state index contributed by atoms with van der Waals surface area (Å²) in [4.78, 5) is 23.3. The van der Waals surface area contributed by atoms with Gasteiger partial charge in [-0.1, -0.05) is 0 Å². The molecule has 3 N–H and O–H groups in total. The van der Waals surface area contributed by atoms with Gasteiger partial charge in [-0.2, -0.15) is 0 Å². The van der Waals surface area contributed by atoms with E-state index < -0.39 is 21.8 Å². The predicted octanol–water partition coefficient (Wildman–Crippen LogP) is -0.718. The van der Waals surface area contributed by atoms with Gasteiger partial charge in [-0.25, -0.2) is 8.42 Å². The number of aliphatic hydroxyl groups excluding tert-OH is 1. The zero-order chi connectivity index (χ0) is 17.7. The van der Waals surface area contributed by atoms with Crippen LogP contribution in [0.15, 0.2) is 18.2 Å². The van der Waals surface area contributed by atoms with Crippen LogP contribution in [-0.4, -0.2) is 57.9 Å². The summed E-state index contributed by atoms with van der Waals surface area (Å²) < 4.78 is 30.4. The molecule has 0 saturated carbocycles. The Kier molecular flexibility index (Phi) is 5.62. The number of ether oxygens (including phenoxy) is 1. The van der Waals surface area contributed by atoms with Crippen LogP contribution in [0.25, 0.3) is 0 Å². The van der Waals surface area contributed by atoms with E-state index in [4.69, 9.17) is 9.84 Å². The van der Waals surface area contributed by atoms with Crippen LogP contribution in [0.5, 0.6) is 5.75 Å². The molecule has 1 fully saturated rings. The minimum absolute atomic E-state index is 0.0326. The van der Waals surface area contributed by atoms with Gasteiger partial charge in [0.2, 0.25) is 10.0 Å². The number of aliphatic hydroxyl groups is 1. The largest absolute Gasteiger partial charge is 0.494 e. The number of carbonyl (C=O) groups is 2. The molecule has 24 heavy (non-hydrogen) atoms. The van der Waals surface area contributed by atoms with E-state index in [1.165, 1.54) is 29.6 Å². The summed E-state index contributed by atoms with van der Waals surface area (Å²) in [6.07, 6.45) is 0.550. The summed E-state index contributed by atoms with van der Waals surface area (Å²) >= 11 is 0. The fourth-order valence-electron chi connectivity index (χ4n) is 2.30. The van der Waals surface area contributed by atoms with E-state index in [9.17, 15) is 18.0 Å². The van der Waals surface area contributed by atoms with Gasteiger partial charge in [-0.3, -0.25) is 13.9 Å². The van der Waals surface area contributed by atoms with E-state index in [-0.39, 0.29) is 30.3 Å². The van der Waals surface area contributed by atoms with Gasteiger partial charge in [0.15, 0.2) is 0 Å². The third-order valence-electron chi connectivity index (χ3n) is 3.42. The molecule has 1 aliphatic heterocycles. The first-order valence-electron chi connectivity index (χ1n) is 7.27. The molecule has 2 rings (SSSR count). The molecular formula is C14H19N3O6S. The number of benzene rings is 1. The van der Waals surface area contributed by atoms with Crippen LogP contribution in [0.1, 0.15) is 6.42 Å². The Morgan fingerprint density at radius 3 is 2.67 bits per heavy atom. The smallest absolute Gasteiger partial charge is 0.313 e. The molecule has 0 atom stereocenters. The third-order valence-corrected chi connectivity index (χ3v) is 5.29. The van der Waals surface area contributed by atoms with Crippen molar-refractivity contribution in [1.29, 1.82) is 0 Å². The highest BCUT2D eigenvalue weighted by Crippen LogP contribution is 2.32. The van der Waals surface area contributed by atoms with Crippen molar-refractivity contribution in [1.82, 2.24) is 5.32 Å². The number of hydrogen-bond donors (Lipinski definition) is 3. The van der Waals surface area contributed by atoms with Crippen molar-refractivity contribution in [3.8, 4) is 5.75 Å². The van der Waals surface area contributed by atoms with E-state index in [1.807, 2.05) is 0 Å². The minimum atomic E-state index is -3.32. The molecular weight excluding hydrogens is 338 g/mol. The summed E-state index contributed by atoms with van der Waals surface area (Å²) in [5, 5.41) is 13.2. The topological polar surface area (TPSA) is 125 Å². The second-order valence-electron chi connectivity index (χ2n) is 5.06. The molecule has 0 unspecified atom stereocenters. The van der Waals surface area contributed by atoms with Gasteiger partial charge in [0.25, 0.3) is 0 Å². The quantitative estimate of drug-likeness (QED) is 0.598. The summed E-state index contributed by atoms with van der Waals surface area (Å²) in [5.41, 5.74) is 0.675. The summed E-state index contributed by atoms with van der Waals surface area (Å²) in [7, 11) is -1.95. The lowest BCUT2D eigenvalue weighted by Crippen LogP contribution is -2.36. The lowest BCUT2D eigenvalue weighted by Gasteiger charge is -2.19. The highest BCUT2D eigenvalue weighted by molar-refractivity contribution is 7.93. The number of sulfonamides is 1. The fourth-order valence-corrected chi connectivity index (χ4v) is 3.85. The molecule has 132 valence electrons. The van der Waals surface area contributed by atoms with E-state index in [0.29, 0.717) is 18.7 Å². The number of nitrogens with zero attached hydrogens (tertiary/aromatic N) is 1. The Morgan fingerprint density at radius 2 is 2.08 bits per heavy atom. The summed E-state index contributed by atoms with van der Waals surface area (Å²) in [6.45, 7) is 0.0806. The molecule has 9 nitrogen and oxygen atoms in total. The summed E-state index contributed by atoms with van der Waals surface area (Å²) in [6, 6.07) is 4.50. The van der Waals surface area contributed by atoms with Crippen molar-refractivity contribution in [2.24, 2.45) is 0 Å². The van der Waals surface area contributed by atoms with Gasteiger partial charge in [-0.15, -0.1) is 0 Å². The molecule has 10 heteroatoms. The van der Waals surface area contributed by atoms with Crippen LogP contribution in [0.4, 0.5) is 11.4 Å². The second-order valence-corrected chi connectivity index (χ2v) is 7.07. The highest BCUT2D eigenvalue weighted by atomic mass is 32.2. The van der Waals surface area contributed by atoms with Crippen molar-refractivity contribution < 1.29 is 27.9 Å². The van der Waals surface area contributed by atoms with Crippen molar-refractivity contribution in [3.05, 3.63) is 18.2 Å². The highest BCUT2D eigenvalue weighted by Gasteiger charge is 2.29. The molecule has 2 amide bonds. The maximum atomic E-state index is 12.0. The zero-order valence-electron chi connectivity index (χ0n) is 13.1. The molecule has 0 spiro atoms. The van der Waals surface area contributed by atoms with Gasteiger partial charge >= 0.3 is 11.8 Å². The Hall–Kier alpha value is -2.33. The first-order valence-corrected chi connectivity index (χ1v) is 8.88. The van der Waals surface area contributed by atoms with Crippen molar-refractivity contribution in [2.45, 2.75) is 6.42 Å². The monoisotopic (exact) mass is 357 g/mol. The number of carbonyl (C=O) groups excluding carboxylic acids is 2. The standard InChI is InChI=1S/C14H19N3O6S/c1-23-12-9-10(17-6-2-8-24(17,21)22)3-4-11(12)16-14(20)13(19)15-5-7-18/h3-4,9,18H,2,5-8H2,1H3,(H,15,19)(H,16,20). The first-order chi connectivity index (χ1) is 11.4. The fraction of sp³-hybridized carbons (Fsp3) is 0.429. The molecule has 1 saturated heterocycles. The minimum Gasteiger partial charge on any atom is -0.494 e. The number of anilines is 2. The molecule has 0 aromatic heterocycles. The molecule has 1 aromatic rings. The van der Waals surface area contributed by atoms with Crippen LogP contribution in [0.2, 0.25) is 0 Å². The number of amides is 2. The molecule has 0 aliphatic carbocycles. The average Bonchev–Trinajstić information content (AvgIpc) is 2.92. The molecule has 0 radical (unpaired) electrons. The van der Waals surface area contributed by atoms with Gasteiger partial charge < -0.3 is 20.5 Å². The van der Waals surface area contributed by atoms with Crippen LogP contribution < -0.4 is 19.7 Å². The van der Waals surface area contributed by atoms with Crippen molar-refractivity contribution in [2.75, 3.05) is 42.2 Å². The third kappa shape index (κ3) is 3.95. The van der Waals surface area contributed by atoms with Crippen molar-refractivity contribution in [3.63, 3.8) is 0 Å². The average molecular weight is 357 g/mol. The van der Waals surface area contributed by atoms with Gasteiger partial charge in [-0.05, 0) is 18.6 Å². The van der Waals surface area contributed by atoms with E-state index in [1.54, 1.807) is 0 Å². The first kappa shape index (κ1) is 18.0. The normalized spacial score (nSPS) is 15.8.